The molecule has 2 fully saturated rings. The van der Waals surface area contributed by atoms with Crippen molar-refractivity contribution in [2.75, 3.05) is 19.6 Å². The highest BCUT2D eigenvalue weighted by Gasteiger charge is 2.38. The molecular formula is C33H36F4N2O. The van der Waals surface area contributed by atoms with Gasteiger partial charge in [-0.3, -0.25) is 9.69 Å². The van der Waals surface area contributed by atoms with Gasteiger partial charge in [-0.25, -0.2) is 4.39 Å². The highest BCUT2D eigenvalue weighted by atomic mass is 19.4. The first kappa shape index (κ1) is 28.3. The Kier molecular flexibility index (Phi) is 8.60. The number of carbonyl (C=O) groups is 1. The van der Waals surface area contributed by atoms with Crippen molar-refractivity contribution in [2.24, 2.45) is 5.92 Å². The number of halogens is 4. The molecule has 5 rings (SSSR count). The quantitative estimate of drug-likeness (QED) is 0.279. The van der Waals surface area contributed by atoms with Gasteiger partial charge in [0.15, 0.2) is 0 Å². The fraction of sp³-hybridized carbons (Fsp3) is 0.424. The molecule has 1 amide bonds. The summed E-state index contributed by atoms with van der Waals surface area (Å²) in [7, 11) is 0. The third-order valence-electron chi connectivity index (χ3n) is 8.56. The second-order valence-electron chi connectivity index (χ2n) is 11.4. The smallest absolute Gasteiger partial charge is 0.335 e. The lowest BCUT2D eigenvalue weighted by molar-refractivity contribution is -0.137. The summed E-state index contributed by atoms with van der Waals surface area (Å²) in [5, 5.41) is 0. The van der Waals surface area contributed by atoms with E-state index in [1.165, 1.54) is 35.4 Å². The molecule has 1 heterocycles. The van der Waals surface area contributed by atoms with Gasteiger partial charge in [0.1, 0.15) is 5.82 Å². The molecule has 0 unspecified atom stereocenters. The standard InChI is InChI=1S/C33H36F4N2O/c1-23-8-5-6-13-30(23)31-22-38(19-24-9-7-10-27(18-24)33(35,36)37)20-26(31)21-39(29-11-3-2-4-12-29)32(40)25-14-16-28(34)17-15-25/h5-10,13-18,26,29,31H,2-4,11-12,19-22H2,1H3/t26-,31+/m0/s1. The molecular weight excluding hydrogens is 516 g/mol. The summed E-state index contributed by atoms with van der Waals surface area (Å²) in [5.74, 6) is -0.203. The van der Waals surface area contributed by atoms with Crippen LogP contribution in [0.5, 0.6) is 0 Å². The number of carbonyl (C=O) groups excluding carboxylic acids is 1. The van der Waals surface area contributed by atoms with Crippen LogP contribution >= 0.6 is 0 Å². The molecule has 0 spiro atoms. The summed E-state index contributed by atoms with van der Waals surface area (Å²) in [6, 6.07) is 19.7. The Bertz CT molecular complexity index is 1300. The van der Waals surface area contributed by atoms with Crippen LogP contribution in [0.3, 0.4) is 0 Å². The minimum atomic E-state index is -4.38. The zero-order chi connectivity index (χ0) is 28.3. The van der Waals surface area contributed by atoms with Crippen molar-refractivity contribution >= 4 is 5.91 Å². The van der Waals surface area contributed by atoms with E-state index < -0.39 is 11.7 Å². The number of aryl methyl sites for hydroxylation is 1. The maximum Gasteiger partial charge on any atom is 0.416 e. The summed E-state index contributed by atoms with van der Waals surface area (Å²) in [4.78, 5) is 18.1. The van der Waals surface area contributed by atoms with E-state index in [4.69, 9.17) is 0 Å². The van der Waals surface area contributed by atoms with Gasteiger partial charge in [0.2, 0.25) is 0 Å². The van der Waals surface area contributed by atoms with Gasteiger partial charge < -0.3 is 4.90 Å². The molecule has 1 saturated carbocycles. The van der Waals surface area contributed by atoms with Gasteiger partial charge in [-0.1, -0.05) is 61.7 Å². The Hall–Kier alpha value is -3.19. The molecule has 3 nitrogen and oxygen atoms in total. The van der Waals surface area contributed by atoms with Gasteiger partial charge in [-0.15, -0.1) is 0 Å². The monoisotopic (exact) mass is 552 g/mol. The van der Waals surface area contributed by atoms with E-state index in [-0.39, 0.29) is 29.6 Å². The normalized spacial score (nSPS) is 20.5. The van der Waals surface area contributed by atoms with E-state index >= 15 is 0 Å². The minimum absolute atomic E-state index is 0.0771. The molecule has 40 heavy (non-hydrogen) atoms. The molecule has 0 radical (unpaired) electrons. The lowest BCUT2D eigenvalue weighted by atomic mass is 9.85. The zero-order valence-electron chi connectivity index (χ0n) is 22.8. The fourth-order valence-electron chi connectivity index (χ4n) is 6.54. The number of alkyl halides is 3. The number of amides is 1. The predicted octanol–water partition coefficient (Wildman–Crippen LogP) is 7.84. The minimum Gasteiger partial charge on any atom is -0.335 e. The molecule has 0 aromatic heterocycles. The van der Waals surface area contributed by atoms with Crippen LogP contribution in [0.25, 0.3) is 0 Å². The van der Waals surface area contributed by atoms with Crippen molar-refractivity contribution in [3.63, 3.8) is 0 Å². The number of rotatable bonds is 7. The van der Waals surface area contributed by atoms with E-state index in [1.807, 2.05) is 17.0 Å². The first-order valence-corrected chi connectivity index (χ1v) is 14.2. The molecule has 0 bridgehead atoms. The van der Waals surface area contributed by atoms with Gasteiger partial charge in [-0.05, 0) is 72.7 Å². The molecule has 3 aromatic carbocycles. The van der Waals surface area contributed by atoms with Crippen molar-refractivity contribution < 1.29 is 22.4 Å². The maximum absolute atomic E-state index is 13.8. The molecule has 2 atom stereocenters. The van der Waals surface area contributed by atoms with Crippen LogP contribution in [-0.4, -0.2) is 41.4 Å². The molecule has 3 aromatic rings. The Balaban J connectivity index is 1.43. The number of likely N-dealkylation sites (tertiary alicyclic amines) is 1. The fourth-order valence-corrected chi connectivity index (χ4v) is 6.54. The molecule has 1 aliphatic heterocycles. The molecule has 7 heteroatoms. The first-order chi connectivity index (χ1) is 19.2. The van der Waals surface area contributed by atoms with Crippen LogP contribution in [0.2, 0.25) is 0 Å². The summed E-state index contributed by atoms with van der Waals surface area (Å²) in [5.41, 5.74) is 2.87. The summed E-state index contributed by atoms with van der Waals surface area (Å²) < 4.78 is 53.7. The molecule has 212 valence electrons. The summed E-state index contributed by atoms with van der Waals surface area (Å²) in [6.45, 7) is 4.44. The second-order valence-corrected chi connectivity index (χ2v) is 11.4. The Morgan fingerprint density at radius 2 is 1.65 bits per heavy atom. The third kappa shape index (κ3) is 6.57. The number of benzene rings is 3. The van der Waals surface area contributed by atoms with E-state index in [2.05, 4.69) is 24.0 Å². The number of hydrogen-bond donors (Lipinski definition) is 0. The molecule has 1 aliphatic carbocycles. The first-order valence-electron chi connectivity index (χ1n) is 14.2. The molecule has 2 aliphatic rings. The lowest BCUT2D eigenvalue weighted by Gasteiger charge is -2.37. The van der Waals surface area contributed by atoms with Gasteiger partial charge in [0.05, 0.1) is 5.56 Å². The topological polar surface area (TPSA) is 23.6 Å². The predicted molar refractivity (Wildman–Crippen MR) is 148 cm³/mol. The van der Waals surface area contributed by atoms with Crippen LogP contribution in [0.15, 0.2) is 72.8 Å². The van der Waals surface area contributed by atoms with Gasteiger partial charge in [-0.2, -0.15) is 13.2 Å². The van der Waals surface area contributed by atoms with Crippen molar-refractivity contribution in [1.29, 1.82) is 0 Å². The Labute approximate surface area is 233 Å². The zero-order valence-corrected chi connectivity index (χ0v) is 22.8. The Morgan fingerprint density at radius 1 is 0.925 bits per heavy atom. The van der Waals surface area contributed by atoms with Gasteiger partial charge >= 0.3 is 6.18 Å². The van der Waals surface area contributed by atoms with Crippen LogP contribution in [0, 0.1) is 18.7 Å². The lowest BCUT2D eigenvalue weighted by Crippen LogP contribution is -2.45. The van der Waals surface area contributed by atoms with E-state index in [9.17, 15) is 22.4 Å². The van der Waals surface area contributed by atoms with Gasteiger partial charge in [0, 0.05) is 43.7 Å². The van der Waals surface area contributed by atoms with E-state index in [0.29, 0.717) is 37.3 Å². The SMILES string of the molecule is Cc1ccccc1[C@@H]1CN(Cc2cccc(C(F)(F)F)c2)C[C@H]1CN(C(=O)c1ccc(F)cc1)C1CCCCC1. The summed E-state index contributed by atoms with van der Waals surface area (Å²) in [6.07, 6.45) is 0.825. The third-order valence-corrected chi connectivity index (χ3v) is 8.56. The van der Waals surface area contributed by atoms with Gasteiger partial charge in [0.25, 0.3) is 5.91 Å². The average Bonchev–Trinajstić information content (AvgIpc) is 3.34. The van der Waals surface area contributed by atoms with Crippen molar-refractivity contribution in [3.8, 4) is 0 Å². The summed E-state index contributed by atoms with van der Waals surface area (Å²) >= 11 is 0. The highest BCUT2D eigenvalue weighted by Crippen LogP contribution is 2.38. The highest BCUT2D eigenvalue weighted by molar-refractivity contribution is 5.94. The number of hydrogen-bond acceptors (Lipinski definition) is 2. The molecule has 1 saturated heterocycles. The van der Waals surface area contributed by atoms with Crippen molar-refractivity contribution in [3.05, 3.63) is 106 Å². The van der Waals surface area contributed by atoms with Crippen LogP contribution in [0.1, 0.15) is 70.6 Å². The van der Waals surface area contributed by atoms with E-state index in [0.717, 1.165) is 38.2 Å². The average molecular weight is 553 g/mol. The Morgan fingerprint density at radius 3 is 2.35 bits per heavy atom. The van der Waals surface area contributed by atoms with Crippen LogP contribution < -0.4 is 0 Å². The van der Waals surface area contributed by atoms with Crippen LogP contribution in [0.4, 0.5) is 17.6 Å². The van der Waals surface area contributed by atoms with Crippen LogP contribution in [-0.2, 0) is 12.7 Å². The van der Waals surface area contributed by atoms with E-state index in [1.54, 1.807) is 18.2 Å². The maximum atomic E-state index is 13.8. The largest absolute Gasteiger partial charge is 0.416 e. The second kappa shape index (κ2) is 12.1. The molecule has 0 N–H and O–H groups in total. The number of nitrogens with zero attached hydrogens (tertiary/aromatic N) is 2. The van der Waals surface area contributed by atoms with Crippen molar-refractivity contribution in [2.45, 2.75) is 63.7 Å². The van der Waals surface area contributed by atoms with Crippen molar-refractivity contribution in [1.82, 2.24) is 9.80 Å².